The molecule has 4 rings (SSSR count). The maximum Gasteiger partial charge on any atom is 0.246 e. The van der Waals surface area contributed by atoms with Gasteiger partial charge in [0, 0.05) is 0 Å². The highest BCUT2D eigenvalue weighted by Crippen LogP contribution is 2.40. The van der Waals surface area contributed by atoms with E-state index in [9.17, 15) is 0 Å². The van der Waals surface area contributed by atoms with E-state index in [-0.39, 0.29) is 5.92 Å². The maximum atomic E-state index is 6.45. The van der Waals surface area contributed by atoms with Crippen LogP contribution in [0.1, 0.15) is 60.9 Å². The van der Waals surface area contributed by atoms with Crippen LogP contribution in [0.2, 0.25) is 0 Å². The molecule has 1 atom stereocenters. The Kier molecular flexibility index (Phi) is 2.67. The minimum absolute atomic E-state index is 0.288. The van der Waals surface area contributed by atoms with Crippen molar-refractivity contribution in [1.29, 1.82) is 0 Å². The molecule has 0 spiro atoms. The van der Waals surface area contributed by atoms with Crippen LogP contribution in [0.4, 0.5) is 0 Å². The SMILES string of the molecule is NC1(c2nc(C3Cc4ccccc43)no2)CCCCC1. The fourth-order valence-electron chi connectivity index (χ4n) is 3.46. The first kappa shape index (κ1) is 12.1. The molecule has 2 aliphatic carbocycles. The number of fused-ring (bicyclic) bond motifs is 1. The second-order valence-electron chi connectivity index (χ2n) is 6.13. The molecule has 4 heteroatoms. The Morgan fingerprint density at radius 3 is 2.75 bits per heavy atom. The molecule has 1 aromatic carbocycles. The molecular weight excluding hydrogens is 250 g/mol. The fraction of sp³-hybridized carbons (Fsp3) is 0.500. The molecule has 20 heavy (non-hydrogen) atoms. The third-order valence-electron chi connectivity index (χ3n) is 4.78. The van der Waals surface area contributed by atoms with Crippen LogP contribution in [0.15, 0.2) is 28.8 Å². The second kappa shape index (κ2) is 4.42. The van der Waals surface area contributed by atoms with Gasteiger partial charge in [-0.3, -0.25) is 0 Å². The van der Waals surface area contributed by atoms with Crippen LogP contribution in [-0.2, 0) is 12.0 Å². The Balaban J connectivity index is 1.61. The Bertz CT molecular complexity index is 628. The first-order valence-corrected chi connectivity index (χ1v) is 7.47. The lowest BCUT2D eigenvalue weighted by atomic mass is 9.77. The van der Waals surface area contributed by atoms with Crippen LogP contribution in [0.3, 0.4) is 0 Å². The lowest BCUT2D eigenvalue weighted by molar-refractivity contribution is 0.219. The molecule has 1 heterocycles. The van der Waals surface area contributed by atoms with Crippen molar-refractivity contribution >= 4 is 0 Å². The standard InChI is InChI=1S/C16H19N3O/c17-16(8-4-1-5-9-16)15-18-14(19-20-15)13-10-11-6-2-3-7-12(11)13/h2-3,6-7,13H,1,4-5,8-10,17H2. The highest BCUT2D eigenvalue weighted by Gasteiger charge is 2.37. The quantitative estimate of drug-likeness (QED) is 0.910. The average Bonchev–Trinajstić information content (AvgIpc) is 2.91. The van der Waals surface area contributed by atoms with Crippen LogP contribution in [0.5, 0.6) is 0 Å². The summed E-state index contributed by atoms with van der Waals surface area (Å²) in [6.45, 7) is 0. The van der Waals surface area contributed by atoms with Crippen molar-refractivity contribution in [2.75, 3.05) is 0 Å². The summed E-state index contributed by atoms with van der Waals surface area (Å²) in [7, 11) is 0. The van der Waals surface area contributed by atoms with Gasteiger partial charge >= 0.3 is 0 Å². The fourth-order valence-corrected chi connectivity index (χ4v) is 3.46. The molecule has 0 aliphatic heterocycles. The molecule has 0 bridgehead atoms. The van der Waals surface area contributed by atoms with E-state index < -0.39 is 5.54 Å². The summed E-state index contributed by atoms with van der Waals surface area (Å²) in [4.78, 5) is 4.62. The molecule has 1 fully saturated rings. The molecule has 1 saturated carbocycles. The van der Waals surface area contributed by atoms with E-state index in [1.165, 1.54) is 17.5 Å². The van der Waals surface area contributed by atoms with Crippen LogP contribution < -0.4 is 5.73 Å². The zero-order valence-electron chi connectivity index (χ0n) is 11.5. The van der Waals surface area contributed by atoms with Gasteiger partial charge in [-0.1, -0.05) is 48.7 Å². The molecule has 2 N–H and O–H groups in total. The summed E-state index contributed by atoms with van der Waals surface area (Å²) >= 11 is 0. The maximum absolute atomic E-state index is 6.45. The van der Waals surface area contributed by atoms with Gasteiger partial charge in [-0.15, -0.1) is 0 Å². The largest absolute Gasteiger partial charge is 0.337 e. The summed E-state index contributed by atoms with van der Waals surface area (Å²) in [5.74, 6) is 1.72. The van der Waals surface area contributed by atoms with Crippen molar-refractivity contribution in [2.45, 2.75) is 50.0 Å². The van der Waals surface area contributed by atoms with Crippen LogP contribution in [0.25, 0.3) is 0 Å². The number of aromatic nitrogens is 2. The number of rotatable bonds is 2. The molecule has 1 aromatic heterocycles. The molecule has 2 aromatic rings. The van der Waals surface area contributed by atoms with Gasteiger partial charge < -0.3 is 10.3 Å². The zero-order chi connectivity index (χ0) is 13.6. The van der Waals surface area contributed by atoms with E-state index in [0.717, 1.165) is 37.9 Å². The average molecular weight is 269 g/mol. The zero-order valence-corrected chi connectivity index (χ0v) is 11.5. The second-order valence-corrected chi connectivity index (χ2v) is 6.13. The van der Waals surface area contributed by atoms with Gasteiger partial charge in [0.15, 0.2) is 5.82 Å². The van der Waals surface area contributed by atoms with Crippen LogP contribution in [-0.4, -0.2) is 10.1 Å². The van der Waals surface area contributed by atoms with E-state index in [4.69, 9.17) is 10.3 Å². The first-order chi connectivity index (χ1) is 9.76. The van der Waals surface area contributed by atoms with E-state index in [1.54, 1.807) is 0 Å². The van der Waals surface area contributed by atoms with E-state index in [0.29, 0.717) is 5.89 Å². The van der Waals surface area contributed by atoms with Crippen molar-refractivity contribution in [2.24, 2.45) is 5.73 Å². The summed E-state index contributed by atoms with van der Waals surface area (Å²) in [6.07, 6.45) is 6.48. The molecule has 4 nitrogen and oxygen atoms in total. The first-order valence-electron chi connectivity index (χ1n) is 7.47. The lowest BCUT2D eigenvalue weighted by Gasteiger charge is -2.29. The Hall–Kier alpha value is -1.68. The molecule has 104 valence electrons. The van der Waals surface area contributed by atoms with Crippen molar-refractivity contribution in [3.8, 4) is 0 Å². The van der Waals surface area contributed by atoms with Crippen LogP contribution in [0, 0.1) is 0 Å². The number of hydrogen-bond donors (Lipinski definition) is 1. The summed E-state index contributed by atoms with van der Waals surface area (Å²) in [5.41, 5.74) is 8.78. The van der Waals surface area contributed by atoms with Gasteiger partial charge in [-0.05, 0) is 30.4 Å². The predicted molar refractivity (Wildman–Crippen MR) is 75.2 cm³/mol. The number of nitrogens with zero attached hydrogens (tertiary/aromatic N) is 2. The molecule has 1 unspecified atom stereocenters. The van der Waals surface area contributed by atoms with Gasteiger partial charge in [0.1, 0.15) is 0 Å². The van der Waals surface area contributed by atoms with Gasteiger partial charge in [0.25, 0.3) is 0 Å². The van der Waals surface area contributed by atoms with Gasteiger partial charge in [-0.2, -0.15) is 4.98 Å². The monoisotopic (exact) mass is 269 g/mol. The van der Waals surface area contributed by atoms with E-state index in [1.807, 2.05) is 0 Å². The van der Waals surface area contributed by atoms with Crippen molar-refractivity contribution in [3.63, 3.8) is 0 Å². The van der Waals surface area contributed by atoms with E-state index in [2.05, 4.69) is 34.4 Å². The van der Waals surface area contributed by atoms with Gasteiger partial charge in [0.2, 0.25) is 5.89 Å². The van der Waals surface area contributed by atoms with Crippen molar-refractivity contribution in [3.05, 3.63) is 47.1 Å². The van der Waals surface area contributed by atoms with Crippen molar-refractivity contribution in [1.82, 2.24) is 10.1 Å². The highest BCUT2D eigenvalue weighted by atomic mass is 16.5. The highest BCUT2D eigenvalue weighted by molar-refractivity contribution is 5.43. The van der Waals surface area contributed by atoms with E-state index >= 15 is 0 Å². The summed E-state index contributed by atoms with van der Waals surface area (Å²) in [5, 5.41) is 4.19. The van der Waals surface area contributed by atoms with Crippen molar-refractivity contribution < 1.29 is 4.52 Å². The molecule has 0 saturated heterocycles. The number of hydrogen-bond acceptors (Lipinski definition) is 4. The van der Waals surface area contributed by atoms with Gasteiger partial charge in [-0.25, -0.2) is 0 Å². The Morgan fingerprint density at radius 1 is 1.15 bits per heavy atom. The topological polar surface area (TPSA) is 64.9 Å². The lowest BCUT2D eigenvalue weighted by Crippen LogP contribution is -2.39. The molecule has 0 amide bonds. The van der Waals surface area contributed by atoms with Gasteiger partial charge in [0.05, 0.1) is 11.5 Å². The molecule has 2 aliphatic rings. The number of nitrogens with two attached hydrogens (primary N) is 1. The molecular formula is C16H19N3O. The normalized spacial score (nSPS) is 23.9. The minimum atomic E-state index is -0.396. The molecule has 0 radical (unpaired) electrons. The number of benzene rings is 1. The predicted octanol–water partition coefficient (Wildman–Crippen LogP) is 2.88. The smallest absolute Gasteiger partial charge is 0.246 e. The Morgan fingerprint density at radius 2 is 1.95 bits per heavy atom. The third kappa shape index (κ3) is 1.79. The summed E-state index contributed by atoms with van der Waals surface area (Å²) < 4.78 is 5.49. The summed E-state index contributed by atoms with van der Waals surface area (Å²) in [6, 6.07) is 8.46. The van der Waals surface area contributed by atoms with Crippen LogP contribution >= 0.6 is 0 Å². The Labute approximate surface area is 118 Å². The third-order valence-corrected chi connectivity index (χ3v) is 4.78. The minimum Gasteiger partial charge on any atom is -0.337 e.